The SMILES string of the molecule is COC(=O)c1cncnc1-n1nc([N+](=O)[O-])cc1C. The molecule has 2 rings (SSSR count). The largest absolute Gasteiger partial charge is 0.465 e. The van der Waals surface area contributed by atoms with Gasteiger partial charge in [-0.15, -0.1) is 4.68 Å². The van der Waals surface area contributed by atoms with Crippen molar-refractivity contribution in [2.75, 3.05) is 7.11 Å². The fourth-order valence-electron chi connectivity index (χ4n) is 1.51. The summed E-state index contributed by atoms with van der Waals surface area (Å²) in [6.07, 6.45) is 2.48. The Morgan fingerprint density at radius 1 is 1.53 bits per heavy atom. The first-order valence-electron chi connectivity index (χ1n) is 5.14. The van der Waals surface area contributed by atoms with Gasteiger partial charge >= 0.3 is 11.8 Å². The molecule has 0 unspecified atom stereocenters. The summed E-state index contributed by atoms with van der Waals surface area (Å²) in [4.78, 5) is 29.3. The smallest absolute Gasteiger partial charge is 0.390 e. The number of esters is 1. The van der Waals surface area contributed by atoms with Crippen molar-refractivity contribution in [3.8, 4) is 5.82 Å². The molecule has 0 saturated heterocycles. The number of hydrogen-bond donors (Lipinski definition) is 0. The Bertz CT molecular complexity index is 651. The Labute approximate surface area is 107 Å². The molecular formula is C10H9N5O4. The molecule has 0 atom stereocenters. The zero-order valence-electron chi connectivity index (χ0n) is 10.1. The predicted molar refractivity (Wildman–Crippen MR) is 61.9 cm³/mol. The Hall–Kier alpha value is -2.84. The molecule has 9 heteroatoms. The molecule has 0 aliphatic rings. The average Bonchev–Trinajstić information content (AvgIpc) is 2.80. The second-order valence-corrected chi connectivity index (χ2v) is 3.56. The van der Waals surface area contributed by atoms with Gasteiger partial charge in [-0.25, -0.2) is 14.8 Å². The van der Waals surface area contributed by atoms with Crippen LogP contribution in [0.1, 0.15) is 16.1 Å². The maximum absolute atomic E-state index is 11.6. The van der Waals surface area contributed by atoms with Crippen molar-refractivity contribution in [2.45, 2.75) is 6.92 Å². The van der Waals surface area contributed by atoms with Crippen molar-refractivity contribution in [2.24, 2.45) is 0 Å². The van der Waals surface area contributed by atoms with Crippen LogP contribution in [-0.2, 0) is 4.74 Å². The molecule has 2 heterocycles. The van der Waals surface area contributed by atoms with Crippen molar-refractivity contribution in [3.05, 3.63) is 40.0 Å². The highest BCUT2D eigenvalue weighted by atomic mass is 16.6. The molecule has 0 spiro atoms. The minimum absolute atomic E-state index is 0.0751. The standard InChI is InChI=1S/C10H9N5O4/c1-6-3-8(15(17)18)13-14(6)9-7(10(16)19-2)4-11-5-12-9/h3-5H,1-2H3. The highest BCUT2D eigenvalue weighted by molar-refractivity contribution is 5.92. The van der Waals surface area contributed by atoms with Crippen LogP contribution in [0.5, 0.6) is 0 Å². The van der Waals surface area contributed by atoms with Crippen LogP contribution in [0, 0.1) is 17.0 Å². The lowest BCUT2D eigenvalue weighted by molar-refractivity contribution is -0.389. The molecule has 9 nitrogen and oxygen atoms in total. The third-order valence-electron chi connectivity index (χ3n) is 2.36. The first-order chi connectivity index (χ1) is 9.04. The van der Waals surface area contributed by atoms with Crippen LogP contribution in [0.2, 0.25) is 0 Å². The molecule has 0 fully saturated rings. The molecule has 0 N–H and O–H groups in total. The third-order valence-corrected chi connectivity index (χ3v) is 2.36. The Morgan fingerprint density at radius 3 is 2.84 bits per heavy atom. The normalized spacial score (nSPS) is 10.2. The quantitative estimate of drug-likeness (QED) is 0.454. The van der Waals surface area contributed by atoms with Gasteiger partial charge in [0.1, 0.15) is 11.9 Å². The summed E-state index contributed by atoms with van der Waals surface area (Å²) in [6.45, 7) is 1.61. The summed E-state index contributed by atoms with van der Waals surface area (Å²) in [5.41, 5.74) is 0.543. The fraction of sp³-hybridized carbons (Fsp3) is 0.200. The fourth-order valence-corrected chi connectivity index (χ4v) is 1.51. The van der Waals surface area contributed by atoms with Gasteiger partial charge in [0.25, 0.3) is 0 Å². The molecule has 2 aromatic heterocycles. The molecule has 98 valence electrons. The second kappa shape index (κ2) is 4.80. The van der Waals surface area contributed by atoms with Gasteiger partial charge < -0.3 is 14.9 Å². The van der Waals surface area contributed by atoms with Gasteiger partial charge in [-0.1, -0.05) is 0 Å². The molecule has 0 bridgehead atoms. The van der Waals surface area contributed by atoms with E-state index in [-0.39, 0.29) is 17.2 Å². The van der Waals surface area contributed by atoms with Gasteiger partial charge in [0, 0.05) is 6.20 Å². The number of hydrogen-bond acceptors (Lipinski definition) is 7. The zero-order chi connectivity index (χ0) is 14.0. The van der Waals surface area contributed by atoms with Crippen LogP contribution in [0.25, 0.3) is 5.82 Å². The summed E-state index contributed by atoms with van der Waals surface area (Å²) in [6, 6.07) is 1.28. The van der Waals surface area contributed by atoms with E-state index in [4.69, 9.17) is 0 Å². The first-order valence-corrected chi connectivity index (χ1v) is 5.14. The molecule has 2 aromatic rings. The lowest BCUT2D eigenvalue weighted by Gasteiger charge is -2.04. The molecular weight excluding hydrogens is 254 g/mol. The Balaban J connectivity index is 2.59. The molecule has 19 heavy (non-hydrogen) atoms. The van der Waals surface area contributed by atoms with E-state index >= 15 is 0 Å². The second-order valence-electron chi connectivity index (χ2n) is 3.56. The average molecular weight is 263 g/mol. The summed E-state index contributed by atoms with van der Waals surface area (Å²) in [7, 11) is 1.22. The van der Waals surface area contributed by atoms with E-state index in [2.05, 4.69) is 19.8 Å². The van der Waals surface area contributed by atoms with E-state index in [1.165, 1.54) is 30.4 Å². The lowest BCUT2D eigenvalue weighted by atomic mass is 10.3. The third kappa shape index (κ3) is 2.25. The Kier molecular flexibility index (Phi) is 3.19. The van der Waals surface area contributed by atoms with Gasteiger partial charge in [-0.3, -0.25) is 0 Å². The number of carbonyl (C=O) groups excluding carboxylic acids is 1. The van der Waals surface area contributed by atoms with Gasteiger partial charge in [0.15, 0.2) is 5.82 Å². The number of ether oxygens (including phenoxy) is 1. The number of aryl methyl sites for hydroxylation is 1. The van der Waals surface area contributed by atoms with Gasteiger partial charge in [0.2, 0.25) is 0 Å². The maximum Gasteiger partial charge on any atom is 0.390 e. The number of rotatable bonds is 3. The van der Waals surface area contributed by atoms with Crippen LogP contribution >= 0.6 is 0 Å². The van der Waals surface area contributed by atoms with Crippen molar-refractivity contribution in [1.29, 1.82) is 0 Å². The zero-order valence-corrected chi connectivity index (χ0v) is 10.1. The topological polar surface area (TPSA) is 113 Å². The van der Waals surface area contributed by atoms with E-state index in [0.717, 1.165) is 0 Å². The van der Waals surface area contributed by atoms with Crippen LogP contribution in [-0.4, -0.2) is 37.8 Å². The van der Waals surface area contributed by atoms with Crippen molar-refractivity contribution < 1.29 is 14.5 Å². The van der Waals surface area contributed by atoms with E-state index in [0.29, 0.717) is 5.69 Å². The van der Waals surface area contributed by atoms with E-state index in [9.17, 15) is 14.9 Å². The molecule has 0 aliphatic carbocycles. The summed E-state index contributed by atoms with van der Waals surface area (Å²) >= 11 is 0. The summed E-state index contributed by atoms with van der Waals surface area (Å²) < 4.78 is 5.80. The monoisotopic (exact) mass is 263 g/mol. The number of carbonyl (C=O) groups is 1. The minimum atomic E-state index is -0.645. The van der Waals surface area contributed by atoms with Crippen molar-refractivity contribution in [1.82, 2.24) is 19.7 Å². The van der Waals surface area contributed by atoms with Gasteiger partial charge in [-0.05, 0) is 11.8 Å². The van der Waals surface area contributed by atoms with E-state index < -0.39 is 10.9 Å². The molecule has 0 saturated carbocycles. The van der Waals surface area contributed by atoms with Crippen LogP contribution in [0.4, 0.5) is 5.82 Å². The number of aromatic nitrogens is 4. The molecule has 0 amide bonds. The minimum Gasteiger partial charge on any atom is -0.465 e. The van der Waals surface area contributed by atoms with Crippen LogP contribution in [0.15, 0.2) is 18.6 Å². The predicted octanol–water partition coefficient (Wildman–Crippen LogP) is 0.666. The number of methoxy groups -OCH3 is 1. The summed E-state index contributed by atoms with van der Waals surface area (Å²) in [5, 5.41) is 14.5. The highest BCUT2D eigenvalue weighted by Gasteiger charge is 2.22. The van der Waals surface area contributed by atoms with Crippen molar-refractivity contribution in [3.63, 3.8) is 0 Å². The molecule has 0 radical (unpaired) electrons. The molecule has 0 aliphatic heterocycles. The highest BCUT2D eigenvalue weighted by Crippen LogP contribution is 2.17. The molecule has 0 aromatic carbocycles. The first kappa shape index (κ1) is 12.6. The summed E-state index contributed by atoms with van der Waals surface area (Å²) in [5.74, 6) is -0.840. The van der Waals surface area contributed by atoms with E-state index in [1.54, 1.807) is 6.92 Å². The lowest BCUT2D eigenvalue weighted by Crippen LogP contribution is -2.12. The van der Waals surface area contributed by atoms with Gasteiger partial charge in [0.05, 0.1) is 24.0 Å². The number of nitro groups is 1. The number of nitrogens with zero attached hydrogens (tertiary/aromatic N) is 5. The van der Waals surface area contributed by atoms with Crippen LogP contribution in [0.3, 0.4) is 0 Å². The van der Waals surface area contributed by atoms with Crippen molar-refractivity contribution >= 4 is 11.8 Å². The van der Waals surface area contributed by atoms with Crippen LogP contribution < -0.4 is 0 Å². The Morgan fingerprint density at radius 2 is 2.26 bits per heavy atom. The van der Waals surface area contributed by atoms with Gasteiger partial charge in [-0.2, -0.15) is 0 Å². The maximum atomic E-state index is 11.6. The van der Waals surface area contributed by atoms with E-state index in [1.807, 2.05) is 0 Å².